The van der Waals surface area contributed by atoms with Crippen molar-refractivity contribution < 1.29 is 4.79 Å². The van der Waals surface area contributed by atoms with Crippen molar-refractivity contribution in [2.75, 3.05) is 37.1 Å². The number of hydrogen-bond acceptors (Lipinski definition) is 8. The number of hydrogen-bond donors (Lipinski definition) is 1. The third-order valence-corrected chi connectivity index (χ3v) is 6.30. The zero-order chi connectivity index (χ0) is 22.8. The minimum absolute atomic E-state index is 0.0362. The maximum Gasteiger partial charge on any atom is 0.243 e. The molecule has 0 radical (unpaired) electrons. The van der Waals surface area contributed by atoms with Gasteiger partial charge in [-0.05, 0) is 36.5 Å². The zero-order valence-corrected chi connectivity index (χ0v) is 19.0. The fourth-order valence-electron chi connectivity index (χ4n) is 4.07. The van der Waals surface area contributed by atoms with Crippen LogP contribution in [0.2, 0.25) is 0 Å². The van der Waals surface area contributed by atoms with Crippen LogP contribution in [0.15, 0.2) is 48.9 Å². The maximum atomic E-state index is 13.0. The quantitative estimate of drug-likeness (QED) is 0.565. The second kappa shape index (κ2) is 9.11. The minimum atomic E-state index is 0.0362. The summed E-state index contributed by atoms with van der Waals surface area (Å²) in [4.78, 5) is 26.1. The van der Waals surface area contributed by atoms with Crippen molar-refractivity contribution in [3.8, 4) is 11.1 Å². The average Bonchev–Trinajstić information content (AvgIpc) is 3.64. The van der Waals surface area contributed by atoms with Gasteiger partial charge in [0, 0.05) is 50.6 Å². The van der Waals surface area contributed by atoms with E-state index < -0.39 is 0 Å². The average molecular weight is 445 g/mol. The van der Waals surface area contributed by atoms with E-state index in [1.807, 2.05) is 43.5 Å². The summed E-state index contributed by atoms with van der Waals surface area (Å²) in [6, 6.07) is 10.7. The molecule has 170 valence electrons. The van der Waals surface area contributed by atoms with Gasteiger partial charge in [-0.3, -0.25) is 9.80 Å². The van der Waals surface area contributed by atoms with Crippen molar-refractivity contribution >= 4 is 17.7 Å². The van der Waals surface area contributed by atoms with E-state index >= 15 is 0 Å². The lowest BCUT2D eigenvalue weighted by Gasteiger charge is -2.24. The van der Waals surface area contributed by atoms with Crippen LogP contribution >= 0.6 is 0 Å². The Morgan fingerprint density at radius 3 is 2.79 bits per heavy atom. The van der Waals surface area contributed by atoms with Gasteiger partial charge in [-0.2, -0.15) is 15.2 Å². The van der Waals surface area contributed by atoms with Gasteiger partial charge in [0.2, 0.25) is 11.9 Å². The Morgan fingerprint density at radius 1 is 1.15 bits per heavy atom. The lowest BCUT2D eigenvalue weighted by atomic mass is 9.99. The number of rotatable bonds is 8. The van der Waals surface area contributed by atoms with Crippen LogP contribution in [-0.2, 0) is 17.8 Å². The first-order valence-electron chi connectivity index (χ1n) is 11.3. The molecule has 1 aliphatic carbocycles. The third-order valence-electron chi connectivity index (χ3n) is 6.30. The molecule has 2 aromatic heterocycles. The highest BCUT2D eigenvalue weighted by molar-refractivity contribution is 5.81. The van der Waals surface area contributed by atoms with E-state index in [0.717, 1.165) is 28.9 Å². The number of anilines is 2. The molecule has 9 heteroatoms. The summed E-state index contributed by atoms with van der Waals surface area (Å²) in [5.41, 5.74) is 7.61. The minimum Gasteiger partial charge on any atom is -0.344 e. The number of carbonyl (C=O) groups is 1. The lowest BCUT2D eigenvalue weighted by Crippen LogP contribution is -2.43. The molecule has 2 aliphatic rings. The molecule has 1 aliphatic heterocycles. The first-order chi connectivity index (χ1) is 16.1. The molecule has 0 unspecified atom stereocenters. The molecule has 1 amide bonds. The molecule has 0 bridgehead atoms. The summed E-state index contributed by atoms with van der Waals surface area (Å²) < 4.78 is 0. The fraction of sp³-hybridized carbons (Fsp3) is 0.375. The summed E-state index contributed by atoms with van der Waals surface area (Å²) in [6.45, 7) is 1.48. The Balaban J connectivity index is 1.22. The van der Waals surface area contributed by atoms with E-state index in [1.165, 1.54) is 18.4 Å². The van der Waals surface area contributed by atoms with Gasteiger partial charge < -0.3 is 9.80 Å². The van der Waals surface area contributed by atoms with Crippen molar-refractivity contribution in [3.05, 3.63) is 60.0 Å². The molecule has 0 spiro atoms. The van der Waals surface area contributed by atoms with Gasteiger partial charge in [0.05, 0.1) is 12.4 Å². The summed E-state index contributed by atoms with van der Waals surface area (Å²) in [5, 5.41) is 9.70. The predicted molar refractivity (Wildman–Crippen MR) is 126 cm³/mol. The molecule has 0 atom stereocenters. The predicted octanol–water partition coefficient (Wildman–Crippen LogP) is 2.06. The van der Waals surface area contributed by atoms with E-state index in [0.29, 0.717) is 25.1 Å². The van der Waals surface area contributed by atoms with Gasteiger partial charge in [0.25, 0.3) is 0 Å². The number of nitrogens with zero attached hydrogens (tertiary/aromatic N) is 7. The highest BCUT2D eigenvalue weighted by atomic mass is 16.2. The van der Waals surface area contributed by atoms with E-state index in [4.69, 9.17) is 4.98 Å². The number of carbonyl (C=O) groups excluding carboxylic acids is 1. The smallest absolute Gasteiger partial charge is 0.243 e. The number of hydrazine groups is 1. The second-order valence-corrected chi connectivity index (χ2v) is 8.64. The Bertz CT molecular complexity index is 1130. The molecule has 1 aromatic carbocycles. The number of nitrogens with one attached hydrogen (secondary N) is 1. The summed E-state index contributed by atoms with van der Waals surface area (Å²) in [5.74, 6) is 1.55. The molecule has 0 saturated heterocycles. The number of fused-ring (bicyclic) bond motifs is 1. The van der Waals surface area contributed by atoms with Gasteiger partial charge in [0.1, 0.15) is 6.54 Å². The monoisotopic (exact) mass is 444 g/mol. The normalized spacial score (nSPS) is 14.8. The molecular formula is C24H28N8O. The number of benzene rings is 1. The van der Waals surface area contributed by atoms with Gasteiger partial charge >= 0.3 is 0 Å². The van der Waals surface area contributed by atoms with E-state index in [1.54, 1.807) is 17.3 Å². The van der Waals surface area contributed by atoms with Gasteiger partial charge in [0.15, 0.2) is 5.82 Å². The largest absolute Gasteiger partial charge is 0.344 e. The fourth-order valence-corrected chi connectivity index (χ4v) is 4.07. The van der Waals surface area contributed by atoms with Crippen LogP contribution in [-0.4, -0.2) is 64.2 Å². The summed E-state index contributed by atoms with van der Waals surface area (Å²) in [6.07, 6.45) is 8.44. The molecule has 3 aromatic rings. The Labute approximate surface area is 193 Å². The molecule has 9 nitrogen and oxygen atoms in total. The van der Waals surface area contributed by atoms with Crippen LogP contribution in [0.5, 0.6) is 0 Å². The summed E-state index contributed by atoms with van der Waals surface area (Å²) in [7, 11) is 3.88. The standard InChI is InChI=1S/C24H28N8O/c1-30(12-10-17-5-3-4-6-21(17)18-9-11-26-27-14-18)22(33)16-32-23-19(15-28-32)13-25-24(29-23)31(2)20-7-8-20/h3-6,9,11,13-14,20,28H,7-8,10,12,15-16H2,1-2H3. The van der Waals surface area contributed by atoms with E-state index in [-0.39, 0.29) is 12.5 Å². The van der Waals surface area contributed by atoms with E-state index in [9.17, 15) is 4.79 Å². The molecule has 1 N–H and O–H groups in total. The van der Waals surface area contributed by atoms with Gasteiger partial charge in [-0.25, -0.2) is 10.4 Å². The van der Waals surface area contributed by atoms with Crippen molar-refractivity contribution in [2.24, 2.45) is 0 Å². The highest BCUT2D eigenvalue weighted by Crippen LogP contribution is 2.30. The Morgan fingerprint density at radius 2 is 2.00 bits per heavy atom. The number of aromatic nitrogens is 4. The van der Waals surface area contributed by atoms with Crippen molar-refractivity contribution in [3.63, 3.8) is 0 Å². The van der Waals surface area contributed by atoms with Crippen LogP contribution in [0, 0.1) is 0 Å². The third kappa shape index (κ3) is 4.63. The Kier molecular flexibility index (Phi) is 5.87. The molecule has 1 saturated carbocycles. The van der Waals surface area contributed by atoms with Crippen LogP contribution in [0.4, 0.5) is 11.8 Å². The molecular weight excluding hydrogens is 416 g/mol. The van der Waals surface area contributed by atoms with Crippen LogP contribution < -0.4 is 15.3 Å². The van der Waals surface area contributed by atoms with Crippen molar-refractivity contribution in [1.82, 2.24) is 30.5 Å². The molecule has 1 fully saturated rings. The van der Waals surface area contributed by atoms with Crippen molar-refractivity contribution in [1.29, 1.82) is 0 Å². The van der Waals surface area contributed by atoms with Crippen LogP contribution in [0.1, 0.15) is 24.0 Å². The van der Waals surface area contributed by atoms with Crippen LogP contribution in [0.25, 0.3) is 11.1 Å². The first-order valence-corrected chi connectivity index (χ1v) is 11.3. The topological polar surface area (TPSA) is 90.4 Å². The first kappa shape index (κ1) is 21.3. The SMILES string of the molecule is CN(CCc1ccccc1-c1ccnnc1)C(=O)CN1NCc2cnc(N(C)C3CC3)nc21. The maximum absolute atomic E-state index is 13.0. The highest BCUT2D eigenvalue weighted by Gasteiger charge is 2.30. The number of likely N-dealkylation sites (N-methyl/N-ethyl adjacent to an activating group) is 1. The summed E-state index contributed by atoms with van der Waals surface area (Å²) >= 11 is 0. The second-order valence-electron chi connectivity index (χ2n) is 8.64. The lowest BCUT2D eigenvalue weighted by molar-refractivity contribution is -0.128. The molecule has 33 heavy (non-hydrogen) atoms. The van der Waals surface area contributed by atoms with Gasteiger partial charge in [-0.1, -0.05) is 24.3 Å². The molecule has 5 rings (SSSR count). The van der Waals surface area contributed by atoms with E-state index in [2.05, 4.69) is 37.6 Å². The molecule has 3 heterocycles. The number of amides is 1. The van der Waals surface area contributed by atoms with Gasteiger partial charge in [-0.15, -0.1) is 0 Å². The Hall–Kier alpha value is -3.59. The van der Waals surface area contributed by atoms with Crippen LogP contribution in [0.3, 0.4) is 0 Å². The van der Waals surface area contributed by atoms with Crippen molar-refractivity contribution in [2.45, 2.75) is 31.8 Å². The zero-order valence-electron chi connectivity index (χ0n) is 19.0.